The third-order valence-electron chi connectivity index (χ3n) is 20.0. The number of unbranched alkanes of at least 4 members (excludes halogenated alkanes) is 49. The van der Waals surface area contributed by atoms with Crippen molar-refractivity contribution in [1.29, 1.82) is 0 Å². The second kappa shape index (κ2) is 74.2. The number of carbonyl (C=O) groups is 4. The number of rotatable bonds is 82. The van der Waals surface area contributed by atoms with Crippen LogP contribution in [0.4, 0.5) is 0 Å². The highest BCUT2D eigenvalue weighted by Gasteiger charge is 2.30. The van der Waals surface area contributed by atoms with Gasteiger partial charge in [0.15, 0.2) is 12.2 Å². The SMILES string of the molecule is CCCCCCCCCCCCCCCCC(=O)O[C@H](COC(=O)CCCCCCCCC(C)CC)COP(=O)(O)OC[C@H](O)COP(=O)(O)OC[C@@H](COC(=O)CCCCCCCCCCCCCCCCCC(C)C)OC(=O)CCCCCCCCCCCCCCCCCCCCC(C)C. The van der Waals surface area contributed by atoms with E-state index in [0.29, 0.717) is 25.7 Å². The molecule has 19 heteroatoms. The van der Waals surface area contributed by atoms with Gasteiger partial charge in [0, 0.05) is 25.7 Å². The number of phosphoric ester groups is 2. The topological polar surface area (TPSA) is 237 Å². The molecule has 612 valence electrons. The van der Waals surface area contributed by atoms with Crippen LogP contribution in [0.2, 0.25) is 0 Å². The summed E-state index contributed by atoms with van der Waals surface area (Å²) in [5, 5.41) is 10.7. The summed E-state index contributed by atoms with van der Waals surface area (Å²) in [6, 6.07) is 0. The molecular weight excluding hydrogens is 1340 g/mol. The average molecular weight is 1510 g/mol. The van der Waals surface area contributed by atoms with E-state index in [0.717, 1.165) is 114 Å². The third-order valence-corrected chi connectivity index (χ3v) is 21.9. The first kappa shape index (κ1) is 101. The summed E-state index contributed by atoms with van der Waals surface area (Å²) in [5.41, 5.74) is 0. The molecule has 0 fully saturated rings. The average Bonchev–Trinajstić information content (AvgIpc) is 0.908. The van der Waals surface area contributed by atoms with Gasteiger partial charge in [-0.1, -0.05) is 389 Å². The minimum atomic E-state index is -4.96. The lowest BCUT2D eigenvalue weighted by molar-refractivity contribution is -0.161. The van der Waals surface area contributed by atoms with Crippen LogP contribution >= 0.6 is 15.6 Å². The number of phosphoric acid groups is 2. The highest BCUT2D eigenvalue weighted by atomic mass is 31.2. The van der Waals surface area contributed by atoms with Gasteiger partial charge in [-0.3, -0.25) is 37.3 Å². The summed E-state index contributed by atoms with van der Waals surface area (Å²) in [5.74, 6) is 0.250. The zero-order valence-corrected chi connectivity index (χ0v) is 69.6. The lowest BCUT2D eigenvalue weighted by Gasteiger charge is -2.21. The van der Waals surface area contributed by atoms with Crippen LogP contribution in [0.3, 0.4) is 0 Å². The highest BCUT2D eigenvalue weighted by molar-refractivity contribution is 7.47. The number of ether oxygens (including phenoxy) is 4. The smallest absolute Gasteiger partial charge is 0.462 e. The Morgan fingerprint density at radius 1 is 0.282 bits per heavy atom. The molecule has 6 atom stereocenters. The van der Waals surface area contributed by atoms with Crippen molar-refractivity contribution in [3.8, 4) is 0 Å². The van der Waals surface area contributed by atoms with E-state index in [1.54, 1.807) is 0 Å². The molecule has 0 heterocycles. The quantitative estimate of drug-likeness (QED) is 0.0222. The summed E-state index contributed by atoms with van der Waals surface area (Å²) >= 11 is 0. The van der Waals surface area contributed by atoms with Gasteiger partial charge in [-0.15, -0.1) is 0 Å². The molecule has 0 bridgehead atoms. The van der Waals surface area contributed by atoms with Gasteiger partial charge in [0.25, 0.3) is 0 Å². The van der Waals surface area contributed by atoms with Gasteiger partial charge >= 0.3 is 39.5 Å². The van der Waals surface area contributed by atoms with E-state index in [9.17, 15) is 43.2 Å². The Bertz CT molecular complexity index is 1990. The van der Waals surface area contributed by atoms with Gasteiger partial charge in [0.2, 0.25) is 0 Å². The molecule has 0 saturated heterocycles. The molecule has 0 spiro atoms. The number of carbonyl (C=O) groups excluding carboxylic acids is 4. The van der Waals surface area contributed by atoms with E-state index in [1.807, 2.05) is 0 Å². The molecule has 0 saturated carbocycles. The van der Waals surface area contributed by atoms with Crippen LogP contribution in [-0.2, 0) is 65.4 Å². The standard InChI is InChI=1S/C84H164O17P2/c1-8-10-11-12-13-14-15-16-28-34-39-44-53-60-67-84(89)101-80(72-95-82(87)66-59-52-47-46-50-57-64-77(7)9-2)74-99-103(92,93)97-70-78(85)69-96-102(90,91)98-73-79(71-94-81(86)65-58-51-43-38-33-29-25-21-23-27-32-37-42-49-56-63-76(5)6)100-83(88)68-61-54-45-40-35-30-24-20-18-17-19-22-26-31-36-41-48-55-62-75(3)4/h75-80,85H,8-74H2,1-7H3,(H,90,91)(H,92,93)/t77?,78-,79-,80-/m1/s1. The molecule has 0 aromatic rings. The zero-order valence-electron chi connectivity index (χ0n) is 67.8. The predicted molar refractivity (Wildman–Crippen MR) is 423 cm³/mol. The molecule has 0 aliphatic carbocycles. The molecule has 3 N–H and O–H groups in total. The van der Waals surface area contributed by atoms with E-state index in [1.165, 1.54) is 244 Å². The van der Waals surface area contributed by atoms with Crippen LogP contribution in [0, 0.1) is 17.8 Å². The Morgan fingerprint density at radius 2 is 0.495 bits per heavy atom. The largest absolute Gasteiger partial charge is 0.472 e. The molecule has 0 amide bonds. The fourth-order valence-corrected chi connectivity index (χ4v) is 14.6. The number of esters is 4. The number of hydrogen-bond donors (Lipinski definition) is 3. The Hall–Kier alpha value is -1.94. The van der Waals surface area contributed by atoms with Crippen LogP contribution in [0.5, 0.6) is 0 Å². The van der Waals surface area contributed by atoms with E-state index in [2.05, 4.69) is 48.5 Å². The fraction of sp³-hybridized carbons (Fsp3) is 0.952. The lowest BCUT2D eigenvalue weighted by atomic mass is 10.00. The first-order valence-electron chi connectivity index (χ1n) is 43.4. The first-order chi connectivity index (χ1) is 49.8. The molecule has 3 unspecified atom stereocenters. The third kappa shape index (κ3) is 76.6. The van der Waals surface area contributed by atoms with Gasteiger partial charge in [-0.05, 0) is 43.4 Å². The van der Waals surface area contributed by atoms with Crippen molar-refractivity contribution >= 4 is 39.5 Å². The highest BCUT2D eigenvalue weighted by Crippen LogP contribution is 2.45. The summed E-state index contributed by atoms with van der Waals surface area (Å²) in [4.78, 5) is 73.1. The Kier molecular flexibility index (Phi) is 72.8. The van der Waals surface area contributed by atoms with Gasteiger partial charge in [-0.2, -0.15) is 0 Å². The van der Waals surface area contributed by atoms with E-state index in [4.69, 9.17) is 37.0 Å². The molecule has 0 aromatic carbocycles. The number of aliphatic hydroxyl groups is 1. The monoisotopic (exact) mass is 1510 g/mol. The Balaban J connectivity index is 5.23. The van der Waals surface area contributed by atoms with Crippen molar-refractivity contribution in [1.82, 2.24) is 0 Å². The zero-order chi connectivity index (χ0) is 75.8. The van der Waals surface area contributed by atoms with Crippen LogP contribution in [-0.4, -0.2) is 96.7 Å². The van der Waals surface area contributed by atoms with Gasteiger partial charge < -0.3 is 33.8 Å². The minimum absolute atomic E-state index is 0.107. The van der Waals surface area contributed by atoms with E-state index >= 15 is 0 Å². The minimum Gasteiger partial charge on any atom is -0.462 e. The van der Waals surface area contributed by atoms with Crippen molar-refractivity contribution in [2.24, 2.45) is 17.8 Å². The van der Waals surface area contributed by atoms with Crippen LogP contribution in [0.1, 0.15) is 440 Å². The van der Waals surface area contributed by atoms with E-state index < -0.39 is 97.5 Å². The van der Waals surface area contributed by atoms with Crippen molar-refractivity contribution < 1.29 is 80.2 Å². The Morgan fingerprint density at radius 3 is 0.738 bits per heavy atom. The summed E-state index contributed by atoms with van der Waals surface area (Å²) in [6.07, 6.45) is 63.9. The Labute approximate surface area is 632 Å². The maximum absolute atomic E-state index is 13.1. The van der Waals surface area contributed by atoms with Crippen molar-refractivity contribution in [2.45, 2.75) is 458 Å². The molecule has 0 rings (SSSR count). The molecule has 103 heavy (non-hydrogen) atoms. The second-order valence-electron chi connectivity index (χ2n) is 31.4. The van der Waals surface area contributed by atoms with Crippen molar-refractivity contribution in [3.63, 3.8) is 0 Å². The molecular formula is C84H164O17P2. The second-order valence-corrected chi connectivity index (χ2v) is 34.3. The van der Waals surface area contributed by atoms with Crippen molar-refractivity contribution in [3.05, 3.63) is 0 Å². The predicted octanol–water partition coefficient (Wildman–Crippen LogP) is 25.3. The number of aliphatic hydroxyl groups excluding tert-OH is 1. The van der Waals surface area contributed by atoms with Crippen molar-refractivity contribution in [2.75, 3.05) is 39.6 Å². The van der Waals surface area contributed by atoms with E-state index in [-0.39, 0.29) is 25.7 Å². The van der Waals surface area contributed by atoms with Gasteiger partial charge in [-0.25, -0.2) is 9.13 Å². The first-order valence-corrected chi connectivity index (χ1v) is 46.4. The lowest BCUT2D eigenvalue weighted by Crippen LogP contribution is -2.30. The molecule has 0 radical (unpaired) electrons. The van der Waals surface area contributed by atoms with Gasteiger partial charge in [0.05, 0.1) is 26.4 Å². The normalized spacial score (nSPS) is 14.2. The molecule has 0 aromatic heterocycles. The molecule has 0 aliphatic rings. The summed E-state index contributed by atoms with van der Waals surface area (Å²) in [6.45, 7) is 12.0. The maximum Gasteiger partial charge on any atom is 0.472 e. The molecule has 0 aliphatic heterocycles. The maximum atomic E-state index is 13.1. The number of hydrogen-bond acceptors (Lipinski definition) is 15. The van der Waals surface area contributed by atoms with Crippen LogP contribution in [0.15, 0.2) is 0 Å². The summed E-state index contributed by atoms with van der Waals surface area (Å²) < 4.78 is 68.8. The van der Waals surface area contributed by atoms with Gasteiger partial charge in [0.1, 0.15) is 19.3 Å². The summed E-state index contributed by atoms with van der Waals surface area (Å²) in [7, 11) is -9.92. The molecule has 17 nitrogen and oxygen atoms in total. The van der Waals surface area contributed by atoms with Crippen LogP contribution < -0.4 is 0 Å². The van der Waals surface area contributed by atoms with Crippen LogP contribution in [0.25, 0.3) is 0 Å². The fourth-order valence-electron chi connectivity index (χ4n) is 13.0.